The Balaban J connectivity index is 2.43. The Morgan fingerprint density at radius 3 is 2.72 bits per heavy atom. The van der Waals surface area contributed by atoms with E-state index in [0.717, 1.165) is 27.2 Å². The van der Waals surface area contributed by atoms with E-state index >= 15 is 0 Å². The number of hydrogen-bond acceptors (Lipinski definition) is 3. The van der Waals surface area contributed by atoms with Gasteiger partial charge in [-0.3, -0.25) is 4.68 Å². The Morgan fingerprint density at radius 2 is 2.11 bits per heavy atom. The third kappa shape index (κ3) is 2.24. The van der Waals surface area contributed by atoms with Gasteiger partial charge in [0.25, 0.3) is 0 Å². The summed E-state index contributed by atoms with van der Waals surface area (Å²) in [5.74, 6) is 0.723. The molecule has 0 unspecified atom stereocenters. The van der Waals surface area contributed by atoms with Gasteiger partial charge in [0.1, 0.15) is 17.5 Å². The van der Waals surface area contributed by atoms with Gasteiger partial charge in [0.15, 0.2) is 0 Å². The van der Waals surface area contributed by atoms with Crippen LogP contribution in [0.15, 0.2) is 22.7 Å². The second-order valence-electron chi connectivity index (χ2n) is 4.13. The fourth-order valence-corrected chi connectivity index (χ4v) is 2.31. The number of nitrogens with zero attached hydrogens (tertiary/aromatic N) is 3. The predicted molar refractivity (Wildman–Crippen MR) is 74.8 cm³/mol. The molecule has 0 spiro atoms. The molecular weight excluding hydrogens is 292 g/mol. The molecule has 0 amide bonds. The molecule has 0 atom stereocenters. The maximum absolute atomic E-state index is 9.15. The van der Waals surface area contributed by atoms with Crippen LogP contribution in [0.25, 0.3) is 0 Å². The Kier molecular flexibility index (Phi) is 3.39. The van der Waals surface area contributed by atoms with Gasteiger partial charge in [-0.2, -0.15) is 10.4 Å². The molecule has 4 nitrogen and oxygen atoms in total. The van der Waals surface area contributed by atoms with Crippen molar-refractivity contribution in [2.45, 2.75) is 13.8 Å². The van der Waals surface area contributed by atoms with Crippen LogP contribution in [-0.4, -0.2) is 9.78 Å². The van der Waals surface area contributed by atoms with Gasteiger partial charge >= 0.3 is 0 Å². The van der Waals surface area contributed by atoms with E-state index < -0.39 is 0 Å². The highest BCUT2D eigenvalue weighted by molar-refractivity contribution is 9.10. The third-order valence-electron chi connectivity index (χ3n) is 2.78. The van der Waals surface area contributed by atoms with Gasteiger partial charge in [-0.25, -0.2) is 0 Å². The minimum Gasteiger partial charge on any atom is -0.339 e. The lowest BCUT2D eigenvalue weighted by molar-refractivity contribution is 0.765. The summed E-state index contributed by atoms with van der Waals surface area (Å²) in [6.45, 7) is 3.85. The average Bonchev–Trinajstić information content (AvgIpc) is 2.57. The van der Waals surface area contributed by atoms with Gasteiger partial charge in [-0.15, -0.1) is 0 Å². The summed E-state index contributed by atoms with van der Waals surface area (Å²) in [6.07, 6.45) is 0. The summed E-state index contributed by atoms with van der Waals surface area (Å²) in [5.41, 5.74) is 3.39. The quantitative estimate of drug-likeness (QED) is 0.925. The molecule has 2 rings (SSSR count). The van der Waals surface area contributed by atoms with Gasteiger partial charge in [0, 0.05) is 17.2 Å². The lowest BCUT2D eigenvalue weighted by atomic mass is 10.2. The van der Waals surface area contributed by atoms with E-state index in [1.807, 2.05) is 39.1 Å². The lowest BCUT2D eigenvalue weighted by Gasteiger charge is -2.10. The minimum absolute atomic E-state index is 0.583. The molecule has 0 saturated carbocycles. The van der Waals surface area contributed by atoms with Crippen LogP contribution in [0.2, 0.25) is 0 Å². The molecular formula is C13H13BrN4. The smallest absolute Gasteiger partial charge is 0.146 e. The second kappa shape index (κ2) is 4.83. The van der Waals surface area contributed by atoms with Gasteiger partial charge in [0.05, 0.1) is 5.69 Å². The summed E-state index contributed by atoms with van der Waals surface area (Å²) in [4.78, 5) is 0. The van der Waals surface area contributed by atoms with Crippen molar-refractivity contribution in [3.05, 3.63) is 39.5 Å². The van der Waals surface area contributed by atoms with Crippen molar-refractivity contribution >= 4 is 27.4 Å². The third-order valence-corrected chi connectivity index (χ3v) is 3.27. The number of nitriles is 1. The SMILES string of the molecule is Cc1cc(Br)ccc1Nc1c(C#N)c(C)nn1C. The zero-order valence-corrected chi connectivity index (χ0v) is 12.0. The first-order valence-corrected chi connectivity index (χ1v) is 6.29. The van der Waals surface area contributed by atoms with E-state index in [-0.39, 0.29) is 0 Å². The predicted octanol–water partition coefficient (Wildman–Crippen LogP) is 3.41. The summed E-state index contributed by atoms with van der Waals surface area (Å²) in [7, 11) is 1.82. The summed E-state index contributed by atoms with van der Waals surface area (Å²) in [5, 5.41) is 16.7. The van der Waals surface area contributed by atoms with Crippen molar-refractivity contribution in [1.29, 1.82) is 5.26 Å². The molecule has 0 bridgehead atoms. The lowest BCUT2D eigenvalue weighted by Crippen LogP contribution is -2.01. The molecule has 0 aliphatic rings. The maximum atomic E-state index is 9.15. The molecule has 1 N–H and O–H groups in total. The van der Waals surface area contributed by atoms with Crippen LogP contribution in [0.5, 0.6) is 0 Å². The van der Waals surface area contributed by atoms with Crippen molar-refractivity contribution in [3.63, 3.8) is 0 Å². The molecule has 1 aromatic carbocycles. The van der Waals surface area contributed by atoms with E-state index in [2.05, 4.69) is 32.4 Å². The Labute approximate surface area is 114 Å². The molecule has 0 radical (unpaired) electrons. The molecule has 5 heteroatoms. The van der Waals surface area contributed by atoms with E-state index in [4.69, 9.17) is 5.26 Å². The number of hydrogen-bond donors (Lipinski definition) is 1. The van der Waals surface area contributed by atoms with E-state index in [1.165, 1.54) is 0 Å². The van der Waals surface area contributed by atoms with Crippen LogP contribution >= 0.6 is 15.9 Å². The minimum atomic E-state index is 0.583. The normalized spacial score (nSPS) is 10.2. The number of anilines is 2. The molecule has 1 aromatic heterocycles. The zero-order chi connectivity index (χ0) is 13.3. The largest absolute Gasteiger partial charge is 0.339 e. The molecule has 0 aliphatic carbocycles. The number of nitrogens with one attached hydrogen (secondary N) is 1. The Morgan fingerprint density at radius 1 is 1.39 bits per heavy atom. The van der Waals surface area contributed by atoms with Gasteiger partial charge in [-0.05, 0) is 37.6 Å². The summed E-state index contributed by atoms with van der Waals surface area (Å²) < 4.78 is 2.72. The van der Waals surface area contributed by atoms with E-state index in [1.54, 1.807) is 4.68 Å². The highest BCUT2D eigenvalue weighted by Gasteiger charge is 2.13. The number of aromatic nitrogens is 2. The zero-order valence-electron chi connectivity index (χ0n) is 10.5. The van der Waals surface area contributed by atoms with Crippen molar-refractivity contribution in [2.75, 3.05) is 5.32 Å². The number of aryl methyl sites for hydroxylation is 3. The molecule has 1 heterocycles. The second-order valence-corrected chi connectivity index (χ2v) is 5.04. The Hall–Kier alpha value is -1.80. The molecule has 18 heavy (non-hydrogen) atoms. The van der Waals surface area contributed by atoms with Crippen LogP contribution in [0.4, 0.5) is 11.5 Å². The number of rotatable bonds is 2. The first-order chi connectivity index (χ1) is 8.52. The summed E-state index contributed by atoms with van der Waals surface area (Å²) >= 11 is 3.43. The molecule has 2 aromatic rings. The maximum Gasteiger partial charge on any atom is 0.146 e. The van der Waals surface area contributed by atoms with E-state index in [0.29, 0.717) is 5.56 Å². The molecule has 0 saturated heterocycles. The van der Waals surface area contributed by atoms with Gasteiger partial charge in [0.2, 0.25) is 0 Å². The fraction of sp³-hybridized carbons (Fsp3) is 0.231. The average molecular weight is 305 g/mol. The van der Waals surface area contributed by atoms with Crippen LogP contribution in [0.3, 0.4) is 0 Å². The standard InChI is InChI=1S/C13H13BrN4/c1-8-6-10(14)4-5-12(8)16-13-11(7-15)9(2)17-18(13)3/h4-6,16H,1-3H3. The number of halogens is 1. The molecule has 0 aliphatic heterocycles. The highest BCUT2D eigenvalue weighted by Crippen LogP contribution is 2.26. The van der Waals surface area contributed by atoms with Crippen molar-refractivity contribution < 1.29 is 0 Å². The van der Waals surface area contributed by atoms with Crippen molar-refractivity contribution in [2.24, 2.45) is 7.05 Å². The first-order valence-electron chi connectivity index (χ1n) is 5.50. The van der Waals surface area contributed by atoms with Gasteiger partial charge in [-0.1, -0.05) is 15.9 Å². The highest BCUT2D eigenvalue weighted by atomic mass is 79.9. The van der Waals surface area contributed by atoms with Crippen LogP contribution in [0, 0.1) is 25.2 Å². The van der Waals surface area contributed by atoms with Crippen LogP contribution < -0.4 is 5.32 Å². The van der Waals surface area contributed by atoms with Crippen LogP contribution in [-0.2, 0) is 7.05 Å². The fourth-order valence-electron chi connectivity index (χ4n) is 1.83. The monoisotopic (exact) mass is 304 g/mol. The van der Waals surface area contributed by atoms with Crippen LogP contribution in [0.1, 0.15) is 16.8 Å². The Bertz CT molecular complexity index is 637. The first kappa shape index (κ1) is 12.7. The topological polar surface area (TPSA) is 53.6 Å². The molecule has 92 valence electrons. The van der Waals surface area contributed by atoms with Crippen molar-refractivity contribution in [1.82, 2.24) is 9.78 Å². The number of benzene rings is 1. The molecule has 0 fully saturated rings. The van der Waals surface area contributed by atoms with E-state index in [9.17, 15) is 0 Å². The van der Waals surface area contributed by atoms with Crippen molar-refractivity contribution in [3.8, 4) is 6.07 Å². The summed E-state index contributed by atoms with van der Waals surface area (Å²) in [6, 6.07) is 8.14. The van der Waals surface area contributed by atoms with Gasteiger partial charge < -0.3 is 5.32 Å².